The van der Waals surface area contributed by atoms with Crippen molar-refractivity contribution in [3.8, 4) is 0 Å². The second kappa shape index (κ2) is 7.27. The molecule has 1 aliphatic heterocycles. The molecule has 0 saturated carbocycles. The largest absolute Gasteiger partial charge is 0.326 e. The average molecular weight is 323 g/mol. The van der Waals surface area contributed by atoms with E-state index in [1.807, 2.05) is 48.5 Å². The molecule has 0 fully saturated rings. The SMILES string of the molecule is CCNCc1cccc(NC(=O)C2CC(=O)Nc3ccccc32)c1. The summed E-state index contributed by atoms with van der Waals surface area (Å²) in [5.41, 5.74) is 3.43. The van der Waals surface area contributed by atoms with Crippen LogP contribution in [0, 0.1) is 0 Å². The Morgan fingerprint density at radius 2 is 2.04 bits per heavy atom. The normalized spacial score (nSPS) is 16.2. The quantitative estimate of drug-likeness (QED) is 0.792. The van der Waals surface area contributed by atoms with E-state index in [1.165, 1.54) is 0 Å². The van der Waals surface area contributed by atoms with Gasteiger partial charge in [0, 0.05) is 24.3 Å². The van der Waals surface area contributed by atoms with E-state index in [4.69, 9.17) is 0 Å². The molecule has 1 heterocycles. The Bertz CT molecular complexity index is 758. The summed E-state index contributed by atoms with van der Waals surface area (Å²) >= 11 is 0. The number of anilines is 2. The van der Waals surface area contributed by atoms with E-state index in [1.54, 1.807) is 0 Å². The highest BCUT2D eigenvalue weighted by molar-refractivity contribution is 6.05. The first kappa shape index (κ1) is 16.2. The first-order chi connectivity index (χ1) is 11.7. The van der Waals surface area contributed by atoms with E-state index in [-0.39, 0.29) is 18.2 Å². The van der Waals surface area contributed by atoms with Crippen LogP contribution in [0.4, 0.5) is 11.4 Å². The van der Waals surface area contributed by atoms with Crippen LogP contribution in [0.25, 0.3) is 0 Å². The molecule has 5 heteroatoms. The van der Waals surface area contributed by atoms with Gasteiger partial charge in [0.1, 0.15) is 0 Å². The molecule has 3 rings (SSSR count). The predicted octanol–water partition coefficient (Wildman–Crippen LogP) is 2.86. The minimum atomic E-state index is -0.465. The summed E-state index contributed by atoms with van der Waals surface area (Å²) in [5.74, 6) is -0.750. The molecular formula is C19H21N3O2. The lowest BCUT2D eigenvalue weighted by Crippen LogP contribution is -2.30. The Labute approximate surface area is 141 Å². The highest BCUT2D eigenvalue weighted by atomic mass is 16.2. The molecule has 0 bridgehead atoms. The zero-order valence-electron chi connectivity index (χ0n) is 13.6. The van der Waals surface area contributed by atoms with Gasteiger partial charge in [0.2, 0.25) is 11.8 Å². The van der Waals surface area contributed by atoms with E-state index >= 15 is 0 Å². The van der Waals surface area contributed by atoms with Gasteiger partial charge in [-0.15, -0.1) is 0 Å². The monoisotopic (exact) mass is 323 g/mol. The van der Waals surface area contributed by atoms with Crippen LogP contribution in [-0.4, -0.2) is 18.4 Å². The molecule has 2 aromatic rings. The standard InChI is InChI=1S/C19H21N3O2/c1-2-20-12-13-6-5-7-14(10-13)21-19(24)16-11-18(23)22-17-9-4-3-8-15(16)17/h3-10,16,20H,2,11-12H2,1H3,(H,21,24)(H,22,23). The van der Waals surface area contributed by atoms with Crippen molar-refractivity contribution in [2.75, 3.05) is 17.2 Å². The Morgan fingerprint density at radius 3 is 2.88 bits per heavy atom. The molecular weight excluding hydrogens is 302 g/mol. The third-order valence-electron chi connectivity index (χ3n) is 4.09. The van der Waals surface area contributed by atoms with Gasteiger partial charge in [0.15, 0.2) is 0 Å². The first-order valence-electron chi connectivity index (χ1n) is 8.16. The maximum atomic E-state index is 12.7. The van der Waals surface area contributed by atoms with Crippen LogP contribution in [0.5, 0.6) is 0 Å². The van der Waals surface area contributed by atoms with E-state index < -0.39 is 5.92 Å². The summed E-state index contributed by atoms with van der Waals surface area (Å²) in [7, 11) is 0. The van der Waals surface area contributed by atoms with Gasteiger partial charge >= 0.3 is 0 Å². The van der Waals surface area contributed by atoms with Gasteiger partial charge in [-0.3, -0.25) is 9.59 Å². The number of hydrogen-bond donors (Lipinski definition) is 3. The number of para-hydroxylation sites is 1. The highest BCUT2D eigenvalue weighted by Gasteiger charge is 2.30. The van der Waals surface area contributed by atoms with Crippen LogP contribution < -0.4 is 16.0 Å². The first-order valence-corrected chi connectivity index (χ1v) is 8.16. The number of carbonyl (C=O) groups is 2. The summed E-state index contributed by atoms with van der Waals surface area (Å²) in [6.45, 7) is 3.70. The fourth-order valence-electron chi connectivity index (χ4n) is 2.90. The minimum absolute atomic E-state index is 0.130. The molecule has 2 aromatic carbocycles. The van der Waals surface area contributed by atoms with Gasteiger partial charge in [0.25, 0.3) is 0 Å². The van der Waals surface area contributed by atoms with Crippen molar-refractivity contribution < 1.29 is 9.59 Å². The van der Waals surface area contributed by atoms with Crippen molar-refractivity contribution in [2.24, 2.45) is 0 Å². The minimum Gasteiger partial charge on any atom is -0.326 e. The van der Waals surface area contributed by atoms with Crippen molar-refractivity contribution in [1.82, 2.24) is 5.32 Å². The molecule has 124 valence electrons. The van der Waals surface area contributed by atoms with Crippen molar-refractivity contribution in [3.63, 3.8) is 0 Å². The third kappa shape index (κ3) is 3.63. The van der Waals surface area contributed by atoms with Gasteiger partial charge in [-0.05, 0) is 35.9 Å². The van der Waals surface area contributed by atoms with Crippen molar-refractivity contribution in [2.45, 2.75) is 25.8 Å². The molecule has 2 amide bonds. The van der Waals surface area contributed by atoms with Crippen LogP contribution in [-0.2, 0) is 16.1 Å². The zero-order valence-corrected chi connectivity index (χ0v) is 13.6. The van der Waals surface area contributed by atoms with Crippen LogP contribution in [0.3, 0.4) is 0 Å². The van der Waals surface area contributed by atoms with Gasteiger partial charge in [0.05, 0.1) is 5.92 Å². The van der Waals surface area contributed by atoms with E-state index in [2.05, 4.69) is 22.9 Å². The molecule has 1 unspecified atom stereocenters. The lowest BCUT2D eigenvalue weighted by Gasteiger charge is -2.24. The van der Waals surface area contributed by atoms with Crippen molar-refractivity contribution in [3.05, 3.63) is 59.7 Å². The highest BCUT2D eigenvalue weighted by Crippen LogP contribution is 2.32. The number of carbonyl (C=O) groups excluding carboxylic acids is 2. The summed E-state index contributed by atoms with van der Waals surface area (Å²) in [6.07, 6.45) is 0.167. The molecule has 0 radical (unpaired) electrons. The average Bonchev–Trinajstić information content (AvgIpc) is 2.59. The molecule has 24 heavy (non-hydrogen) atoms. The molecule has 0 aromatic heterocycles. The summed E-state index contributed by atoms with van der Waals surface area (Å²) in [4.78, 5) is 24.6. The Morgan fingerprint density at radius 1 is 1.21 bits per heavy atom. The number of fused-ring (bicyclic) bond motifs is 1. The summed E-state index contributed by atoms with van der Waals surface area (Å²) in [5, 5.41) is 9.02. The molecule has 5 nitrogen and oxygen atoms in total. The fraction of sp³-hybridized carbons (Fsp3) is 0.263. The Balaban J connectivity index is 1.77. The van der Waals surface area contributed by atoms with Gasteiger partial charge < -0.3 is 16.0 Å². The predicted molar refractivity (Wildman–Crippen MR) is 94.9 cm³/mol. The summed E-state index contributed by atoms with van der Waals surface area (Å²) < 4.78 is 0. The van der Waals surface area contributed by atoms with E-state index in [0.717, 1.165) is 35.6 Å². The number of rotatable bonds is 5. The van der Waals surface area contributed by atoms with Crippen LogP contribution in [0.15, 0.2) is 48.5 Å². The van der Waals surface area contributed by atoms with Gasteiger partial charge in [-0.25, -0.2) is 0 Å². The zero-order chi connectivity index (χ0) is 16.9. The van der Waals surface area contributed by atoms with Crippen LogP contribution in [0.1, 0.15) is 30.4 Å². The number of amides is 2. The third-order valence-corrected chi connectivity index (χ3v) is 4.09. The van der Waals surface area contributed by atoms with Crippen molar-refractivity contribution >= 4 is 23.2 Å². The maximum Gasteiger partial charge on any atom is 0.232 e. The molecule has 0 saturated heterocycles. The Kier molecular flexibility index (Phi) is 4.91. The number of benzene rings is 2. The molecule has 1 aliphatic rings. The molecule has 3 N–H and O–H groups in total. The molecule has 0 aliphatic carbocycles. The topological polar surface area (TPSA) is 70.2 Å². The van der Waals surface area contributed by atoms with Crippen LogP contribution >= 0.6 is 0 Å². The van der Waals surface area contributed by atoms with Gasteiger partial charge in [-0.2, -0.15) is 0 Å². The molecule has 1 atom stereocenters. The maximum absolute atomic E-state index is 12.7. The Hall–Kier alpha value is -2.66. The second-order valence-corrected chi connectivity index (χ2v) is 5.86. The second-order valence-electron chi connectivity index (χ2n) is 5.86. The van der Waals surface area contributed by atoms with E-state index in [0.29, 0.717) is 0 Å². The molecule has 0 spiro atoms. The number of hydrogen-bond acceptors (Lipinski definition) is 3. The summed E-state index contributed by atoms with van der Waals surface area (Å²) in [6, 6.07) is 15.2. The lowest BCUT2D eigenvalue weighted by atomic mass is 9.90. The van der Waals surface area contributed by atoms with Crippen molar-refractivity contribution in [1.29, 1.82) is 0 Å². The van der Waals surface area contributed by atoms with Crippen LogP contribution in [0.2, 0.25) is 0 Å². The fourth-order valence-corrected chi connectivity index (χ4v) is 2.90. The lowest BCUT2D eigenvalue weighted by molar-refractivity contribution is -0.123. The number of nitrogens with one attached hydrogen (secondary N) is 3. The van der Waals surface area contributed by atoms with E-state index in [9.17, 15) is 9.59 Å². The smallest absolute Gasteiger partial charge is 0.232 e. The van der Waals surface area contributed by atoms with Gasteiger partial charge in [-0.1, -0.05) is 37.3 Å².